The minimum absolute atomic E-state index is 0.0478. The predicted molar refractivity (Wildman–Crippen MR) is 68.3 cm³/mol. The molecule has 0 saturated heterocycles. The molecular weight excluding hydrogens is 299 g/mol. The molecule has 0 aromatic rings. The number of alkyl halides is 2. The summed E-state index contributed by atoms with van der Waals surface area (Å²) in [6.07, 6.45) is 0. The largest absolute Gasteiger partial charge is 0.0909 e. The Labute approximate surface area is 94.9 Å². The highest BCUT2D eigenvalue weighted by molar-refractivity contribution is 9.13. The lowest BCUT2D eigenvalue weighted by atomic mass is 10.5. The van der Waals surface area contributed by atoms with Gasteiger partial charge in [0, 0.05) is 5.33 Å². The molecule has 0 nitrogen and oxygen atoms in total. The lowest BCUT2D eigenvalue weighted by Gasteiger charge is -2.37. The van der Waals surface area contributed by atoms with Gasteiger partial charge in [-0.05, 0) is 18.2 Å². The monoisotopic (exact) mass is 316 g/mol. The molecule has 0 spiro atoms. The molecule has 1 unspecified atom stereocenters. The van der Waals surface area contributed by atoms with Crippen LogP contribution in [-0.4, -0.2) is 20.7 Å². The second-order valence-electron chi connectivity index (χ2n) is 3.87. The van der Waals surface area contributed by atoms with Crippen molar-refractivity contribution in [3.05, 3.63) is 0 Å². The second-order valence-corrected chi connectivity index (χ2v) is 10.7. The summed E-state index contributed by atoms with van der Waals surface area (Å²) in [6, 6.07) is 0. The first-order valence-electron chi connectivity index (χ1n) is 4.36. The second kappa shape index (κ2) is 5.32. The maximum Gasteiger partial charge on any atom is 0.0527 e. The van der Waals surface area contributed by atoms with Crippen molar-refractivity contribution in [2.24, 2.45) is 0 Å². The van der Waals surface area contributed by atoms with Gasteiger partial charge in [0.15, 0.2) is 0 Å². The summed E-state index contributed by atoms with van der Waals surface area (Å²) in [7, 11) is 0.0478. The van der Waals surface area contributed by atoms with E-state index in [-0.39, 0.29) is 7.92 Å². The molecule has 0 aliphatic heterocycles. The van der Waals surface area contributed by atoms with Crippen LogP contribution in [0.15, 0.2) is 0 Å². The van der Waals surface area contributed by atoms with Gasteiger partial charge in [0.1, 0.15) is 0 Å². The van der Waals surface area contributed by atoms with E-state index in [1.54, 1.807) is 0 Å². The van der Waals surface area contributed by atoms with Gasteiger partial charge in [-0.25, -0.2) is 0 Å². The van der Waals surface area contributed by atoms with Crippen molar-refractivity contribution in [3.8, 4) is 0 Å². The Bertz CT molecular complexity index is 124. The molecule has 0 aliphatic carbocycles. The lowest BCUT2D eigenvalue weighted by Crippen LogP contribution is -2.24. The summed E-state index contributed by atoms with van der Waals surface area (Å²) in [4.78, 5) is 0. The van der Waals surface area contributed by atoms with Crippen LogP contribution >= 0.6 is 39.8 Å². The maximum absolute atomic E-state index is 3.83. The summed E-state index contributed by atoms with van der Waals surface area (Å²) in [5.41, 5.74) is 1.59. The fraction of sp³-hybridized carbons (Fsp3) is 1.00. The quantitative estimate of drug-likeness (QED) is 0.516. The van der Waals surface area contributed by atoms with E-state index in [9.17, 15) is 0 Å². The van der Waals surface area contributed by atoms with Crippen LogP contribution in [0, 0.1) is 0 Å². The standard InChI is InChI=1S/C9H19Br2P/c1-7(2)12(8(3)4)9(5,11)6-10/h7-8H,6H2,1-5H3. The molecule has 74 valence electrons. The van der Waals surface area contributed by atoms with Crippen LogP contribution in [0.3, 0.4) is 0 Å². The van der Waals surface area contributed by atoms with Crippen LogP contribution in [-0.2, 0) is 0 Å². The average molecular weight is 318 g/mol. The van der Waals surface area contributed by atoms with Crippen molar-refractivity contribution in [1.29, 1.82) is 0 Å². The number of halogens is 2. The number of hydrogen-bond acceptors (Lipinski definition) is 0. The topological polar surface area (TPSA) is 0 Å². The first-order chi connectivity index (χ1) is 5.33. The van der Waals surface area contributed by atoms with Gasteiger partial charge in [-0.1, -0.05) is 67.5 Å². The molecule has 0 aromatic heterocycles. The van der Waals surface area contributed by atoms with E-state index in [2.05, 4.69) is 66.5 Å². The Balaban J connectivity index is 4.50. The molecule has 0 aromatic carbocycles. The Morgan fingerprint density at radius 2 is 1.50 bits per heavy atom. The Kier molecular flexibility index (Phi) is 5.93. The fourth-order valence-electron chi connectivity index (χ4n) is 1.74. The van der Waals surface area contributed by atoms with E-state index < -0.39 is 0 Å². The van der Waals surface area contributed by atoms with E-state index in [0.717, 1.165) is 16.6 Å². The zero-order chi connectivity index (χ0) is 9.94. The normalized spacial score (nSPS) is 17.5. The molecule has 0 fully saturated rings. The van der Waals surface area contributed by atoms with Gasteiger partial charge >= 0.3 is 0 Å². The van der Waals surface area contributed by atoms with E-state index in [4.69, 9.17) is 0 Å². The van der Waals surface area contributed by atoms with E-state index >= 15 is 0 Å². The third-order valence-electron chi connectivity index (χ3n) is 1.89. The van der Waals surface area contributed by atoms with Crippen LogP contribution in [0.2, 0.25) is 0 Å². The van der Waals surface area contributed by atoms with E-state index in [1.165, 1.54) is 0 Å². The van der Waals surface area contributed by atoms with Crippen molar-refractivity contribution in [2.45, 2.75) is 50.0 Å². The molecular formula is C9H19Br2P. The molecule has 1 atom stereocenters. The van der Waals surface area contributed by atoms with E-state index in [1.807, 2.05) is 0 Å². The molecule has 0 heterocycles. The van der Waals surface area contributed by atoms with Crippen LogP contribution in [0.5, 0.6) is 0 Å². The smallest absolute Gasteiger partial charge is 0.0527 e. The van der Waals surface area contributed by atoms with E-state index in [0.29, 0.717) is 4.07 Å². The maximum atomic E-state index is 3.83. The van der Waals surface area contributed by atoms with Crippen LogP contribution in [0.1, 0.15) is 34.6 Å². The third kappa shape index (κ3) is 3.64. The zero-order valence-electron chi connectivity index (χ0n) is 8.56. The Morgan fingerprint density at radius 1 is 1.17 bits per heavy atom. The average Bonchev–Trinajstić information content (AvgIpc) is 1.84. The SMILES string of the molecule is CC(C)P(C(C)C)C(C)(Br)CBr. The minimum Gasteiger partial charge on any atom is -0.0909 e. The van der Waals surface area contributed by atoms with Gasteiger partial charge in [0.05, 0.1) is 4.07 Å². The van der Waals surface area contributed by atoms with Gasteiger partial charge in [-0.3, -0.25) is 0 Å². The highest BCUT2D eigenvalue weighted by Crippen LogP contribution is 2.60. The Hall–Kier alpha value is 1.39. The predicted octanol–water partition coefficient (Wildman–Crippen LogP) is 4.79. The zero-order valence-corrected chi connectivity index (χ0v) is 12.6. The summed E-state index contributed by atoms with van der Waals surface area (Å²) in [5.74, 6) is 0. The van der Waals surface area contributed by atoms with Crippen molar-refractivity contribution >= 4 is 39.8 Å². The van der Waals surface area contributed by atoms with Gasteiger partial charge < -0.3 is 0 Å². The summed E-state index contributed by atoms with van der Waals surface area (Å²) in [6.45, 7) is 11.6. The van der Waals surface area contributed by atoms with Crippen LogP contribution in [0.4, 0.5) is 0 Å². The molecule has 0 bridgehead atoms. The fourth-order valence-corrected chi connectivity index (χ4v) is 8.55. The number of rotatable bonds is 4. The van der Waals surface area contributed by atoms with Crippen molar-refractivity contribution < 1.29 is 0 Å². The molecule has 0 aliphatic rings. The van der Waals surface area contributed by atoms with Crippen LogP contribution in [0.25, 0.3) is 0 Å². The third-order valence-corrected chi connectivity index (χ3v) is 9.17. The first-order valence-corrected chi connectivity index (χ1v) is 7.75. The van der Waals surface area contributed by atoms with Crippen molar-refractivity contribution in [2.75, 3.05) is 5.33 Å². The highest BCUT2D eigenvalue weighted by atomic mass is 79.9. The van der Waals surface area contributed by atoms with Crippen molar-refractivity contribution in [3.63, 3.8) is 0 Å². The minimum atomic E-state index is 0.0478. The van der Waals surface area contributed by atoms with Crippen LogP contribution < -0.4 is 0 Å². The summed E-state index contributed by atoms with van der Waals surface area (Å²) < 4.78 is 0.296. The molecule has 0 rings (SSSR count). The molecule has 0 saturated carbocycles. The summed E-state index contributed by atoms with van der Waals surface area (Å²) >= 11 is 7.41. The Morgan fingerprint density at radius 3 is 1.58 bits per heavy atom. The first kappa shape index (κ1) is 13.4. The van der Waals surface area contributed by atoms with Gasteiger partial charge in [0.25, 0.3) is 0 Å². The van der Waals surface area contributed by atoms with Gasteiger partial charge in [0.2, 0.25) is 0 Å². The van der Waals surface area contributed by atoms with Gasteiger partial charge in [-0.2, -0.15) is 0 Å². The van der Waals surface area contributed by atoms with Gasteiger partial charge in [-0.15, -0.1) is 0 Å². The molecule has 3 heteroatoms. The molecule has 0 radical (unpaired) electrons. The van der Waals surface area contributed by atoms with Crippen molar-refractivity contribution in [1.82, 2.24) is 0 Å². The molecule has 0 amide bonds. The lowest BCUT2D eigenvalue weighted by molar-refractivity contribution is 0.931. The molecule has 0 N–H and O–H groups in total. The highest BCUT2D eigenvalue weighted by Gasteiger charge is 2.34. The summed E-state index contributed by atoms with van der Waals surface area (Å²) in [5, 5.41) is 1.04. The number of hydrogen-bond donors (Lipinski definition) is 0. The molecule has 12 heavy (non-hydrogen) atoms.